The van der Waals surface area contributed by atoms with Crippen molar-refractivity contribution in [2.24, 2.45) is 0 Å². The van der Waals surface area contributed by atoms with Crippen LogP contribution in [0, 0.1) is 0 Å². The number of ether oxygens (including phenoxy) is 6. The monoisotopic (exact) mass is 1620 g/mol. The van der Waals surface area contributed by atoms with E-state index >= 15 is 0 Å². The molecule has 17 unspecified atom stereocenters. The summed E-state index contributed by atoms with van der Waals surface area (Å²) in [5, 5.41) is 121. The predicted molar refractivity (Wildman–Crippen MR) is 462 cm³/mol. The average molecular weight is 1620 g/mol. The van der Waals surface area contributed by atoms with Crippen molar-refractivity contribution < 1.29 is 89.4 Å². The number of rotatable bonds is 80. The molecule has 3 fully saturated rings. The van der Waals surface area contributed by atoms with E-state index in [4.69, 9.17) is 28.4 Å². The minimum Gasteiger partial charge on any atom is -0.394 e. The normalized spacial score (nSPS) is 24.8. The molecule has 19 nitrogen and oxygen atoms in total. The molecule has 0 aromatic heterocycles. The molecule has 0 bridgehead atoms. The third-order valence-corrected chi connectivity index (χ3v) is 24.2. The van der Waals surface area contributed by atoms with Crippen LogP contribution in [0.1, 0.15) is 431 Å². The third kappa shape index (κ3) is 52.4. The fourth-order valence-electron chi connectivity index (χ4n) is 16.5. The summed E-state index contributed by atoms with van der Waals surface area (Å²) >= 11 is 0. The zero-order valence-electron chi connectivity index (χ0n) is 72.8. The van der Waals surface area contributed by atoms with Crippen LogP contribution < -0.4 is 5.32 Å². The molecule has 672 valence electrons. The van der Waals surface area contributed by atoms with Crippen LogP contribution in [0.15, 0.2) is 36.5 Å². The second-order valence-electron chi connectivity index (χ2n) is 34.5. The molecule has 0 spiro atoms. The maximum Gasteiger partial charge on any atom is 0.220 e. The highest BCUT2D eigenvalue weighted by molar-refractivity contribution is 5.76. The lowest BCUT2D eigenvalue weighted by molar-refractivity contribution is -0.379. The van der Waals surface area contributed by atoms with Crippen LogP contribution in [0.2, 0.25) is 0 Å². The molecule has 17 atom stereocenters. The van der Waals surface area contributed by atoms with E-state index in [-0.39, 0.29) is 18.9 Å². The van der Waals surface area contributed by atoms with Gasteiger partial charge < -0.3 is 89.9 Å². The summed E-state index contributed by atoms with van der Waals surface area (Å²) in [4.78, 5) is 13.5. The van der Waals surface area contributed by atoms with Gasteiger partial charge in [-0.05, 0) is 51.4 Å². The van der Waals surface area contributed by atoms with Gasteiger partial charge in [-0.3, -0.25) is 4.79 Å². The predicted octanol–water partition coefficient (Wildman–Crippen LogP) is 19.4. The number of unbranched alkanes of at least 4 members (excludes halogenated alkanes) is 60. The lowest BCUT2D eigenvalue weighted by Gasteiger charge is -2.48. The van der Waals surface area contributed by atoms with Gasteiger partial charge in [-0.25, -0.2) is 0 Å². The Morgan fingerprint density at radius 3 is 0.895 bits per heavy atom. The molecule has 0 aromatic carbocycles. The number of allylic oxidation sites excluding steroid dienone is 5. The Morgan fingerprint density at radius 1 is 0.316 bits per heavy atom. The summed E-state index contributed by atoms with van der Waals surface area (Å²) in [5.74, 6) is -0.265. The molecule has 114 heavy (non-hydrogen) atoms. The smallest absolute Gasteiger partial charge is 0.220 e. The number of hydrogen-bond acceptors (Lipinski definition) is 18. The number of amides is 1. The molecule has 3 saturated heterocycles. The van der Waals surface area contributed by atoms with Gasteiger partial charge in [-0.15, -0.1) is 0 Å². The van der Waals surface area contributed by atoms with Crippen molar-refractivity contribution >= 4 is 5.91 Å². The topological polar surface area (TPSA) is 307 Å². The fourth-order valence-corrected chi connectivity index (χ4v) is 16.5. The fraction of sp³-hybridized carbons (Fsp3) is 0.926. The van der Waals surface area contributed by atoms with Crippen LogP contribution >= 0.6 is 0 Å². The quantitative estimate of drug-likeness (QED) is 0.0199. The SMILES string of the molecule is CCCCCCC/C=C\C/C=C\CCCCCCCCCCCCCCCCCCCCCCCCCCCCCCCC(=O)NC(COC1OC(CO)C(OC2OC(CO)C(OC3OC(CO)C(O)C(O)C3O)C(O)C2O)C(O)C1O)C(O)/C=C/CCCCCCCCCCCCCCCCCCCCCCCCCCCC. The number of nitrogens with one attached hydrogen (secondary N) is 1. The summed E-state index contributed by atoms with van der Waals surface area (Å²) in [5.41, 5.74) is 0. The first kappa shape index (κ1) is 106. The van der Waals surface area contributed by atoms with Crippen molar-refractivity contribution in [1.29, 1.82) is 0 Å². The zero-order chi connectivity index (χ0) is 82.4. The summed E-state index contributed by atoms with van der Waals surface area (Å²) in [6.07, 6.45) is 70.4. The van der Waals surface area contributed by atoms with Crippen LogP contribution in [0.25, 0.3) is 0 Å². The average Bonchev–Trinajstić information content (AvgIpc) is 0.782. The lowest BCUT2D eigenvalue weighted by Crippen LogP contribution is -2.66. The third-order valence-electron chi connectivity index (χ3n) is 24.2. The number of carbonyl (C=O) groups excluding carboxylic acids is 1. The van der Waals surface area contributed by atoms with E-state index in [1.165, 1.54) is 353 Å². The van der Waals surface area contributed by atoms with Crippen LogP contribution in [0.5, 0.6) is 0 Å². The molecule has 3 aliphatic rings. The Balaban J connectivity index is 1.28. The van der Waals surface area contributed by atoms with Gasteiger partial charge in [0.1, 0.15) is 73.2 Å². The Hall–Kier alpha value is -1.99. The Bertz CT molecular complexity index is 2190. The molecule has 19 heteroatoms. The molecule has 3 rings (SSSR count). The molecule has 1 amide bonds. The Labute approximate surface area is 695 Å². The summed E-state index contributed by atoms with van der Waals surface area (Å²) < 4.78 is 34.6. The second-order valence-corrected chi connectivity index (χ2v) is 34.5. The van der Waals surface area contributed by atoms with Crippen LogP contribution in [0.3, 0.4) is 0 Å². The zero-order valence-corrected chi connectivity index (χ0v) is 72.8. The molecule has 0 radical (unpaired) electrons. The van der Waals surface area contributed by atoms with E-state index in [9.17, 15) is 61.0 Å². The molecule has 0 saturated carbocycles. The highest BCUT2D eigenvalue weighted by atomic mass is 16.8. The van der Waals surface area contributed by atoms with E-state index < -0.39 is 124 Å². The van der Waals surface area contributed by atoms with E-state index in [1.54, 1.807) is 6.08 Å². The van der Waals surface area contributed by atoms with Crippen molar-refractivity contribution in [3.8, 4) is 0 Å². The van der Waals surface area contributed by atoms with Gasteiger partial charge in [0.25, 0.3) is 0 Å². The number of aliphatic hydroxyl groups is 11. The van der Waals surface area contributed by atoms with E-state index in [2.05, 4.69) is 43.5 Å². The standard InChI is InChI=1S/C95H179NO18/c1-3-5-7-9-11-13-15-17-19-21-23-25-27-29-31-33-34-35-36-37-38-39-40-41-42-43-44-45-47-49-51-53-55-57-59-61-63-65-67-69-71-73-83(101)96-78(79(100)72-70-68-66-64-62-60-58-56-54-52-50-48-46-32-30-28-26-24-22-20-18-16-14-12-10-8-6-4-2)77-109-93-89(107)86(104)91(81(75-98)111-93)114-95-90(108)87(105)92(82(76-99)112-95)113-94-88(106)85(103)84(102)80(74-97)110-94/h15,17,21,23,70,72,78-82,84-95,97-100,102-108H,3-14,16,18-20,22,24-69,71,73-77H2,1-2H3,(H,96,101)/b17-15-,23-21-,72-70+. The molecular weight excluding hydrogens is 1440 g/mol. The largest absolute Gasteiger partial charge is 0.394 e. The van der Waals surface area contributed by atoms with Crippen molar-refractivity contribution in [1.82, 2.24) is 5.32 Å². The van der Waals surface area contributed by atoms with E-state index in [0.717, 1.165) is 51.4 Å². The van der Waals surface area contributed by atoms with Gasteiger partial charge in [0.2, 0.25) is 5.91 Å². The van der Waals surface area contributed by atoms with Crippen LogP contribution in [-0.2, 0) is 33.2 Å². The van der Waals surface area contributed by atoms with Gasteiger partial charge in [0, 0.05) is 6.42 Å². The highest BCUT2D eigenvalue weighted by Gasteiger charge is 2.54. The van der Waals surface area contributed by atoms with Crippen LogP contribution in [-0.4, -0.2) is 193 Å². The molecule has 0 aromatic rings. The van der Waals surface area contributed by atoms with E-state index in [0.29, 0.717) is 6.42 Å². The Kier molecular flexibility index (Phi) is 69.7. The van der Waals surface area contributed by atoms with Gasteiger partial charge in [0.15, 0.2) is 18.9 Å². The first-order chi connectivity index (χ1) is 55.8. The number of hydrogen-bond donors (Lipinski definition) is 12. The Morgan fingerprint density at radius 2 is 0.579 bits per heavy atom. The molecule has 3 heterocycles. The van der Waals surface area contributed by atoms with E-state index in [1.807, 2.05) is 6.08 Å². The van der Waals surface area contributed by atoms with Crippen LogP contribution in [0.4, 0.5) is 0 Å². The molecular formula is C95H179NO18. The van der Waals surface area contributed by atoms with Crippen molar-refractivity contribution in [2.75, 3.05) is 26.4 Å². The van der Waals surface area contributed by atoms with Gasteiger partial charge in [-0.1, -0.05) is 410 Å². The minimum absolute atomic E-state index is 0.249. The molecule has 12 N–H and O–H groups in total. The lowest BCUT2D eigenvalue weighted by atomic mass is 9.96. The van der Waals surface area contributed by atoms with Crippen molar-refractivity contribution in [3.63, 3.8) is 0 Å². The first-order valence-electron chi connectivity index (χ1n) is 48.2. The van der Waals surface area contributed by atoms with Gasteiger partial charge >= 0.3 is 0 Å². The maximum absolute atomic E-state index is 13.5. The minimum atomic E-state index is -1.98. The number of carbonyl (C=O) groups is 1. The second kappa shape index (κ2) is 74.8. The van der Waals surface area contributed by atoms with Gasteiger partial charge in [0.05, 0.1) is 38.6 Å². The number of aliphatic hydroxyl groups excluding tert-OH is 11. The summed E-state index contributed by atoms with van der Waals surface area (Å²) in [7, 11) is 0. The van der Waals surface area contributed by atoms with Gasteiger partial charge in [-0.2, -0.15) is 0 Å². The summed E-state index contributed by atoms with van der Waals surface area (Å²) in [6.45, 7) is 1.80. The van der Waals surface area contributed by atoms with Crippen molar-refractivity contribution in [3.05, 3.63) is 36.5 Å². The van der Waals surface area contributed by atoms with Crippen molar-refractivity contribution in [2.45, 2.75) is 535 Å². The molecule has 3 aliphatic heterocycles. The first-order valence-corrected chi connectivity index (χ1v) is 48.2. The summed E-state index contributed by atoms with van der Waals surface area (Å²) in [6, 6.07) is -0.973. The highest BCUT2D eigenvalue weighted by Crippen LogP contribution is 2.34. The molecule has 0 aliphatic carbocycles. The maximum atomic E-state index is 13.5.